The highest BCUT2D eigenvalue weighted by molar-refractivity contribution is 5.89. The average molecular weight is 326 g/mol. The minimum Gasteiger partial charge on any atom is -0.368 e. The Morgan fingerprint density at radius 2 is 1.62 bits per heavy atom. The Morgan fingerprint density at radius 3 is 2.33 bits per heavy atom. The van der Waals surface area contributed by atoms with Gasteiger partial charge < -0.3 is 9.80 Å². The lowest BCUT2D eigenvalue weighted by Gasteiger charge is -2.36. The quantitative estimate of drug-likeness (QED) is 0.722. The number of hydrogen-bond acceptors (Lipinski definition) is 5. The number of aryl methyl sites for hydroxylation is 2. The first-order valence-electron chi connectivity index (χ1n) is 8.03. The van der Waals surface area contributed by atoms with E-state index in [9.17, 15) is 4.39 Å². The largest absolute Gasteiger partial charge is 0.368 e. The van der Waals surface area contributed by atoms with Crippen molar-refractivity contribution < 1.29 is 4.39 Å². The molecule has 2 aromatic heterocycles. The Bertz CT molecular complexity index is 865. The Morgan fingerprint density at radius 1 is 0.958 bits per heavy atom. The molecule has 6 nitrogen and oxygen atoms in total. The van der Waals surface area contributed by atoms with Crippen LogP contribution in [0.4, 0.5) is 15.9 Å². The van der Waals surface area contributed by atoms with Gasteiger partial charge >= 0.3 is 0 Å². The lowest BCUT2D eigenvalue weighted by Crippen LogP contribution is -2.47. The number of fused-ring (bicyclic) bond motifs is 1. The van der Waals surface area contributed by atoms with Crippen LogP contribution in [0.15, 0.2) is 30.6 Å². The highest BCUT2D eigenvalue weighted by atomic mass is 19.1. The second-order valence-electron chi connectivity index (χ2n) is 6.06. The van der Waals surface area contributed by atoms with Gasteiger partial charge in [-0.3, -0.25) is 4.68 Å². The molecule has 4 rings (SSSR count). The van der Waals surface area contributed by atoms with E-state index in [-0.39, 0.29) is 5.82 Å². The fourth-order valence-electron chi connectivity index (χ4n) is 3.33. The van der Waals surface area contributed by atoms with E-state index < -0.39 is 0 Å². The van der Waals surface area contributed by atoms with E-state index >= 15 is 0 Å². The van der Waals surface area contributed by atoms with Crippen LogP contribution in [0.5, 0.6) is 0 Å². The van der Waals surface area contributed by atoms with Crippen LogP contribution in [0, 0.1) is 12.7 Å². The molecule has 1 aromatic carbocycles. The first-order chi connectivity index (χ1) is 11.6. The standard InChI is InChI=1S/C17H19FN6/c1-12-15-16(22(2)21-12)19-11-20-17(15)24-9-7-23(8-10-24)14-5-3-13(18)4-6-14/h3-6,11H,7-10H2,1-2H3. The molecule has 0 bridgehead atoms. The number of halogens is 1. The molecule has 1 aliphatic rings. The fraction of sp³-hybridized carbons (Fsp3) is 0.353. The topological polar surface area (TPSA) is 50.1 Å². The first-order valence-corrected chi connectivity index (χ1v) is 8.03. The van der Waals surface area contributed by atoms with Crippen molar-refractivity contribution in [2.24, 2.45) is 7.05 Å². The zero-order chi connectivity index (χ0) is 16.7. The summed E-state index contributed by atoms with van der Waals surface area (Å²) < 4.78 is 14.9. The summed E-state index contributed by atoms with van der Waals surface area (Å²) in [6.07, 6.45) is 1.60. The van der Waals surface area contributed by atoms with Crippen molar-refractivity contribution in [3.05, 3.63) is 42.1 Å². The van der Waals surface area contributed by atoms with Gasteiger partial charge in [0.15, 0.2) is 5.65 Å². The van der Waals surface area contributed by atoms with Crippen LogP contribution in [0.3, 0.4) is 0 Å². The van der Waals surface area contributed by atoms with Gasteiger partial charge in [-0.2, -0.15) is 5.10 Å². The molecule has 0 N–H and O–H groups in total. The third-order valence-corrected chi connectivity index (χ3v) is 4.55. The van der Waals surface area contributed by atoms with Crippen molar-refractivity contribution in [3.63, 3.8) is 0 Å². The zero-order valence-corrected chi connectivity index (χ0v) is 13.8. The molecule has 0 unspecified atom stereocenters. The van der Waals surface area contributed by atoms with Crippen molar-refractivity contribution >= 4 is 22.5 Å². The molecule has 0 spiro atoms. The minimum atomic E-state index is -0.201. The summed E-state index contributed by atoms with van der Waals surface area (Å²) in [6, 6.07) is 6.68. The highest BCUT2D eigenvalue weighted by Gasteiger charge is 2.22. The van der Waals surface area contributed by atoms with E-state index in [0.29, 0.717) is 0 Å². The molecule has 24 heavy (non-hydrogen) atoms. The van der Waals surface area contributed by atoms with Gasteiger partial charge in [-0.05, 0) is 31.2 Å². The van der Waals surface area contributed by atoms with E-state index in [4.69, 9.17) is 0 Å². The van der Waals surface area contributed by atoms with Crippen LogP contribution in [0.25, 0.3) is 11.0 Å². The van der Waals surface area contributed by atoms with Crippen molar-refractivity contribution in [3.8, 4) is 0 Å². The predicted octanol–water partition coefficient (Wildman–Crippen LogP) is 2.14. The van der Waals surface area contributed by atoms with Crippen LogP contribution in [-0.4, -0.2) is 45.9 Å². The van der Waals surface area contributed by atoms with Crippen molar-refractivity contribution in [1.29, 1.82) is 0 Å². The minimum absolute atomic E-state index is 0.201. The normalized spacial score (nSPS) is 15.3. The zero-order valence-electron chi connectivity index (χ0n) is 13.8. The summed E-state index contributed by atoms with van der Waals surface area (Å²) in [5.74, 6) is 0.747. The van der Waals surface area contributed by atoms with Crippen molar-refractivity contribution in [1.82, 2.24) is 19.7 Å². The number of benzene rings is 1. The predicted molar refractivity (Wildman–Crippen MR) is 91.9 cm³/mol. The number of aromatic nitrogens is 4. The molecule has 3 aromatic rings. The summed E-state index contributed by atoms with van der Waals surface area (Å²) in [4.78, 5) is 13.4. The van der Waals surface area contributed by atoms with Crippen molar-refractivity contribution in [2.75, 3.05) is 36.0 Å². The Labute approximate surface area is 139 Å². The molecule has 7 heteroatoms. The first kappa shape index (κ1) is 14.9. The van der Waals surface area contributed by atoms with Crippen LogP contribution in [-0.2, 0) is 7.05 Å². The molecular formula is C17H19FN6. The highest BCUT2D eigenvalue weighted by Crippen LogP contribution is 2.27. The van der Waals surface area contributed by atoms with Gasteiger partial charge in [-0.25, -0.2) is 14.4 Å². The molecule has 1 aliphatic heterocycles. The van der Waals surface area contributed by atoms with E-state index in [2.05, 4.69) is 24.9 Å². The lowest BCUT2D eigenvalue weighted by molar-refractivity contribution is 0.624. The summed E-state index contributed by atoms with van der Waals surface area (Å²) >= 11 is 0. The molecule has 0 saturated carbocycles. The Balaban J connectivity index is 1.57. The molecule has 0 aliphatic carbocycles. The fourth-order valence-corrected chi connectivity index (χ4v) is 3.33. The molecule has 1 fully saturated rings. The molecule has 3 heterocycles. The number of hydrogen-bond donors (Lipinski definition) is 0. The van der Waals surface area contributed by atoms with Crippen molar-refractivity contribution in [2.45, 2.75) is 6.92 Å². The third-order valence-electron chi connectivity index (χ3n) is 4.55. The smallest absolute Gasteiger partial charge is 0.163 e. The van der Waals surface area contributed by atoms with Gasteiger partial charge in [-0.1, -0.05) is 0 Å². The molecule has 124 valence electrons. The Hall–Kier alpha value is -2.70. The van der Waals surface area contributed by atoms with Crippen LogP contribution < -0.4 is 9.80 Å². The lowest BCUT2D eigenvalue weighted by atomic mass is 10.2. The molecule has 0 atom stereocenters. The number of nitrogens with zero attached hydrogens (tertiary/aromatic N) is 6. The second-order valence-corrected chi connectivity index (χ2v) is 6.06. The van der Waals surface area contributed by atoms with Gasteiger partial charge in [0, 0.05) is 38.9 Å². The average Bonchev–Trinajstić information content (AvgIpc) is 2.90. The van der Waals surface area contributed by atoms with Gasteiger partial charge in [0.05, 0.1) is 11.1 Å². The van der Waals surface area contributed by atoms with E-state index in [1.54, 1.807) is 11.0 Å². The van der Waals surface area contributed by atoms with Crippen LogP contribution >= 0.6 is 0 Å². The molecule has 1 saturated heterocycles. The molecule has 0 amide bonds. The SMILES string of the molecule is Cc1nn(C)c2ncnc(N3CCN(c4ccc(F)cc4)CC3)c12. The van der Waals surface area contributed by atoms with Gasteiger partial charge in [0.25, 0.3) is 0 Å². The van der Waals surface area contributed by atoms with Crippen LogP contribution in [0.1, 0.15) is 5.69 Å². The molecular weight excluding hydrogens is 307 g/mol. The summed E-state index contributed by atoms with van der Waals surface area (Å²) in [6.45, 7) is 5.45. The Kier molecular flexibility index (Phi) is 3.55. The third kappa shape index (κ3) is 2.46. The van der Waals surface area contributed by atoms with Gasteiger partial charge in [-0.15, -0.1) is 0 Å². The monoisotopic (exact) mass is 326 g/mol. The number of rotatable bonds is 2. The summed E-state index contributed by atoms with van der Waals surface area (Å²) in [7, 11) is 1.90. The summed E-state index contributed by atoms with van der Waals surface area (Å²) in [5.41, 5.74) is 2.86. The van der Waals surface area contributed by atoms with Gasteiger partial charge in [0.2, 0.25) is 0 Å². The van der Waals surface area contributed by atoms with Gasteiger partial charge in [0.1, 0.15) is 18.0 Å². The second kappa shape index (κ2) is 5.74. The maximum absolute atomic E-state index is 13.1. The van der Waals surface area contributed by atoms with E-state index in [0.717, 1.165) is 54.4 Å². The maximum atomic E-state index is 13.1. The van der Waals surface area contributed by atoms with E-state index in [1.165, 1.54) is 12.1 Å². The number of piperazine rings is 1. The van der Waals surface area contributed by atoms with Crippen LogP contribution in [0.2, 0.25) is 0 Å². The van der Waals surface area contributed by atoms with E-state index in [1.807, 2.05) is 26.1 Å². The number of anilines is 2. The summed E-state index contributed by atoms with van der Waals surface area (Å²) in [5, 5.41) is 5.48. The molecule has 0 radical (unpaired) electrons. The maximum Gasteiger partial charge on any atom is 0.163 e.